The fourth-order valence-electron chi connectivity index (χ4n) is 4.97. The lowest BCUT2D eigenvalue weighted by atomic mass is 10.0. The molecule has 0 radical (unpaired) electrons. The Bertz CT molecular complexity index is 685. The van der Waals surface area contributed by atoms with Gasteiger partial charge in [-0.2, -0.15) is 0 Å². The average molecular weight is 707 g/mol. The van der Waals surface area contributed by atoms with Gasteiger partial charge in [-0.3, -0.25) is 0 Å². The van der Waals surface area contributed by atoms with Gasteiger partial charge in [0.15, 0.2) is 16.6 Å². The van der Waals surface area contributed by atoms with E-state index in [-0.39, 0.29) is 21.9 Å². The highest BCUT2D eigenvalue weighted by Gasteiger charge is 2.39. The highest BCUT2D eigenvalue weighted by molar-refractivity contribution is 6.74. The molecule has 0 rings (SSSR count). The summed E-state index contributed by atoms with van der Waals surface area (Å²) < 4.78 is 12.3. The number of rotatable bonds is 26. The van der Waals surface area contributed by atoms with Crippen molar-refractivity contribution >= 4 is 63.0 Å². The molecule has 0 aliphatic carbocycles. The highest BCUT2D eigenvalue weighted by Crippen LogP contribution is 2.39. The fraction of sp³-hybridized carbons (Fsp3) is 0.941. The van der Waals surface area contributed by atoms with Crippen molar-refractivity contribution < 1.29 is 8.85 Å². The van der Waals surface area contributed by atoms with E-state index >= 15 is 0 Å². The summed E-state index contributed by atoms with van der Waals surface area (Å²) in [5.41, 5.74) is 0. The standard InChI is InChI=1S/C34H68Cl4O2Si2/c1-10-14-15-16-20-23-26-32(40-42(11-2,12-3)13-4)31(36)28-30(35)25-22-19-17-18-21-24-27-34(37,38)29-39-41(8,9)33(5,6)7/h23,26,30-32H,10-22,24-25,27-29H2,1-9H3/b26-23+/t30-,31+,32+/m0/s1. The Morgan fingerprint density at radius 1 is 0.762 bits per heavy atom. The molecule has 0 aliphatic heterocycles. The highest BCUT2D eigenvalue weighted by atomic mass is 35.5. The van der Waals surface area contributed by atoms with E-state index in [9.17, 15) is 0 Å². The molecule has 0 fully saturated rings. The van der Waals surface area contributed by atoms with Crippen LogP contribution in [0.4, 0.5) is 0 Å². The Hall–Kier alpha value is 1.25. The third kappa shape index (κ3) is 19.0. The van der Waals surface area contributed by atoms with E-state index in [1.54, 1.807) is 0 Å². The Morgan fingerprint density at radius 2 is 1.31 bits per heavy atom. The lowest BCUT2D eigenvalue weighted by Crippen LogP contribution is -2.43. The van der Waals surface area contributed by atoms with Crippen molar-refractivity contribution in [2.24, 2.45) is 0 Å². The zero-order valence-electron chi connectivity index (χ0n) is 28.9. The van der Waals surface area contributed by atoms with Gasteiger partial charge >= 0.3 is 0 Å². The molecule has 0 unspecified atom stereocenters. The van der Waals surface area contributed by atoms with Crippen LogP contribution in [-0.2, 0) is 8.85 Å². The largest absolute Gasteiger partial charge is 0.414 e. The molecule has 0 N–H and O–H groups in total. The smallest absolute Gasteiger partial charge is 0.192 e. The summed E-state index contributed by atoms with van der Waals surface area (Å²) in [4.78, 5) is 0. The van der Waals surface area contributed by atoms with Crippen molar-refractivity contribution in [1.29, 1.82) is 0 Å². The maximum Gasteiger partial charge on any atom is 0.192 e. The summed E-state index contributed by atoms with van der Waals surface area (Å²) in [5.74, 6) is 0. The van der Waals surface area contributed by atoms with Crippen molar-refractivity contribution in [1.82, 2.24) is 0 Å². The minimum atomic E-state index is -1.84. The van der Waals surface area contributed by atoms with E-state index in [0.717, 1.165) is 63.1 Å². The van der Waals surface area contributed by atoms with Gasteiger partial charge < -0.3 is 8.85 Å². The SMILES string of the molecule is CCCCCC/C=C/[C@@H](O[Si](CC)(CC)CC)[C@H](Cl)C[C@@H](Cl)CCCCCCCCC(Cl)(Cl)CO[Si](C)(C)C(C)(C)C. The number of allylic oxidation sites excluding steroid dienone is 1. The molecule has 0 amide bonds. The third-order valence-corrected chi connectivity index (χ3v) is 20.0. The molecule has 0 aliphatic rings. The van der Waals surface area contributed by atoms with Crippen molar-refractivity contribution in [3.63, 3.8) is 0 Å². The lowest BCUT2D eigenvalue weighted by Gasteiger charge is -2.37. The molecule has 0 bridgehead atoms. The van der Waals surface area contributed by atoms with E-state index in [1.807, 2.05) is 0 Å². The van der Waals surface area contributed by atoms with E-state index in [2.05, 4.69) is 73.7 Å². The second-order valence-corrected chi connectivity index (χ2v) is 26.4. The Labute approximate surface area is 285 Å². The first-order valence-electron chi connectivity index (χ1n) is 17.2. The molecule has 0 saturated carbocycles. The summed E-state index contributed by atoms with van der Waals surface area (Å²) in [5, 5.41) is 0.172. The molecule has 0 aromatic carbocycles. The zero-order valence-corrected chi connectivity index (χ0v) is 34.0. The third-order valence-electron chi connectivity index (χ3n) is 9.47. The van der Waals surface area contributed by atoms with Crippen molar-refractivity contribution in [2.75, 3.05) is 6.61 Å². The molecular weight excluding hydrogens is 638 g/mol. The van der Waals surface area contributed by atoms with Crippen molar-refractivity contribution in [3.8, 4) is 0 Å². The van der Waals surface area contributed by atoms with Gasteiger partial charge in [0.05, 0.1) is 18.1 Å². The summed E-state index contributed by atoms with van der Waals surface area (Å²) in [6.07, 6.45) is 20.3. The molecule has 252 valence electrons. The monoisotopic (exact) mass is 704 g/mol. The molecule has 0 heterocycles. The van der Waals surface area contributed by atoms with E-state index in [4.69, 9.17) is 55.3 Å². The van der Waals surface area contributed by atoms with Crippen LogP contribution in [0.3, 0.4) is 0 Å². The first-order valence-corrected chi connectivity index (χ1v) is 24.3. The van der Waals surface area contributed by atoms with Gasteiger partial charge in [0.1, 0.15) is 4.33 Å². The zero-order chi connectivity index (χ0) is 32.3. The predicted molar refractivity (Wildman–Crippen MR) is 198 cm³/mol. The van der Waals surface area contributed by atoms with Crippen LogP contribution in [-0.4, -0.2) is 44.4 Å². The molecule has 8 heteroatoms. The van der Waals surface area contributed by atoms with Crippen LogP contribution in [0.15, 0.2) is 12.2 Å². The molecule has 2 nitrogen and oxygen atoms in total. The summed E-state index contributed by atoms with van der Waals surface area (Å²) in [7, 11) is -3.59. The second kappa shape index (κ2) is 22.7. The minimum absolute atomic E-state index is 0.0335. The normalized spacial score (nSPS) is 15.8. The Morgan fingerprint density at radius 3 is 1.86 bits per heavy atom. The molecule has 0 saturated heterocycles. The van der Waals surface area contributed by atoms with Gasteiger partial charge in [-0.15, -0.1) is 23.2 Å². The lowest BCUT2D eigenvalue weighted by molar-refractivity contribution is 0.221. The van der Waals surface area contributed by atoms with E-state index < -0.39 is 21.0 Å². The van der Waals surface area contributed by atoms with Crippen molar-refractivity contribution in [3.05, 3.63) is 12.2 Å². The fourth-order valence-corrected chi connectivity index (χ4v) is 10.3. The maximum absolute atomic E-state index is 7.02. The van der Waals surface area contributed by atoms with Crippen molar-refractivity contribution in [2.45, 2.75) is 196 Å². The summed E-state index contributed by atoms with van der Waals surface area (Å²) in [6, 6.07) is 3.41. The average Bonchev–Trinajstić information content (AvgIpc) is 2.92. The number of unbranched alkanes of at least 4 members (excludes halogenated alkanes) is 9. The number of hydrogen-bond donors (Lipinski definition) is 0. The molecule has 0 aromatic heterocycles. The second-order valence-electron chi connectivity index (χ2n) is 14.0. The Kier molecular flexibility index (Phi) is 23.4. The summed E-state index contributed by atoms with van der Waals surface area (Å²) >= 11 is 27.0. The van der Waals surface area contributed by atoms with Gasteiger partial charge in [0.25, 0.3) is 0 Å². The van der Waals surface area contributed by atoms with Gasteiger partial charge in [-0.25, -0.2) is 0 Å². The first kappa shape index (κ1) is 43.3. The van der Waals surface area contributed by atoms with E-state index in [1.165, 1.54) is 44.9 Å². The van der Waals surface area contributed by atoms with Gasteiger partial charge in [0, 0.05) is 5.38 Å². The number of hydrogen-bond acceptors (Lipinski definition) is 2. The number of alkyl halides is 4. The summed E-state index contributed by atoms with van der Waals surface area (Å²) in [6.45, 7) is 20.7. The molecule has 42 heavy (non-hydrogen) atoms. The quantitative estimate of drug-likeness (QED) is 0.0386. The van der Waals surface area contributed by atoms with Crippen LogP contribution < -0.4 is 0 Å². The molecule has 3 atom stereocenters. The van der Waals surface area contributed by atoms with Crippen LogP contribution in [0.25, 0.3) is 0 Å². The van der Waals surface area contributed by atoms with Crippen LogP contribution in [0, 0.1) is 0 Å². The predicted octanol–water partition coefficient (Wildman–Crippen LogP) is 13.8. The number of halogens is 4. The first-order chi connectivity index (χ1) is 19.6. The molecular formula is C34H68Cl4O2Si2. The Balaban J connectivity index is 4.48. The van der Waals surface area contributed by atoms with Crippen LogP contribution in [0.5, 0.6) is 0 Å². The van der Waals surface area contributed by atoms with Gasteiger partial charge in [-0.1, -0.05) is 142 Å². The topological polar surface area (TPSA) is 18.5 Å². The minimum Gasteiger partial charge on any atom is -0.414 e. The van der Waals surface area contributed by atoms with Gasteiger partial charge in [-0.05, 0) is 68.4 Å². The molecule has 0 spiro atoms. The maximum atomic E-state index is 7.02. The van der Waals surface area contributed by atoms with Crippen LogP contribution in [0.2, 0.25) is 36.3 Å². The van der Waals surface area contributed by atoms with Crippen LogP contribution >= 0.6 is 46.4 Å². The van der Waals surface area contributed by atoms with Crippen LogP contribution in [0.1, 0.15) is 138 Å². The molecule has 0 aromatic rings. The van der Waals surface area contributed by atoms with Gasteiger partial charge in [0.2, 0.25) is 0 Å². The van der Waals surface area contributed by atoms with E-state index in [0.29, 0.717) is 6.61 Å².